The Morgan fingerprint density at radius 1 is 1.15 bits per heavy atom. The molecule has 8 heteroatoms. The summed E-state index contributed by atoms with van der Waals surface area (Å²) >= 11 is 0. The van der Waals surface area contributed by atoms with Crippen molar-refractivity contribution in [1.29, 1.82) is 0 Å². The number of ether oxygens (including phenoxy) is 1. The van der Waals surface area contributed by atoms with Crippen LogP contribution < -0.4 is 15.5 Å². The van der Waals surface area contributed by atoms with E-state index in [1.54, 1.807) is 12.3 Å². The molecule has 26 heavy (non-hydrogen) atoms. The zero-order valence-corrected chi connectivity index (χ0v) is 14.7. The van der Waals surface area contributed by atoms with Gasteiger partial charge in [0.25, 0.3) is 0 Å². The van der Waals surface area contributed by atoms with Crippen LogP contribution in [0.5, 0.6) is 0 Å². The van der Waals surface area contributed by atoms with Crippen LogP contribution in [0.4, 0.5) is 17.6 Å². The van der Waals surface area contributed by atoms with Crippen LogP contribution in [0.25, 0.3) is 0 Å². The molecule has 2 atom stereocenters. The van der Waals surface area contributed by atoms with Crippen molar-refractivity contribution in [2.45, 2.75) is 12.5 Å². The largest absolute Gasteiger partial charge is 0.391 e. The van der Waals surface area contributed by atoms with Crippen molar-refractivity contribution >= 4 is 17.6 Å². The first-order valence-corrected chi connectivity index (χ1v) is 8.99. The SMILES string of the molecule is Nc1cc(N2C[C@@H](Cc3ccccn3)[C@H](O)C2)nc(N2CCOCC2)n1. The highest BCUT2D eigenvalue weighted by molar-refractivity contribution is 5.53. The molecule has 4 rings (SSSR count). The smallest absolute Gasteiger partial charge is 0.229 e. The summed E-state index contributed by atoms with van der Waals surface area (Å²) < 4.78 is 5.39. The lowest BCUT2D eigenvalue weighted by Gasteiger charge is -2.28. The van der Waals surface area contributed by atoms with Gasteiger partial charge in [-0.05, 0) is 18.6 Å². The maximum Gasteiger partial charge on any atom is 0.229 e. The van der Waals surface area contributed by atoms with E-state index in [0.29, 0.717) is 31.5 Å². The molecule has 8 nitrogen and oxygen atoms in total. The molecule has 138 valence electrons. The van der Waals surface area contributed by atoms with Gasteiger partial charge in [0.05, 0.1) is 19.3 Å². The fourth-order valence-corrected chi connectivity index (χ4v) is 3.54. The normalized spacial score (nSPS) is 23.4. The Morgan fingerprint density at radius 3 is 2.77 bits per heavy atom. The van der Waals surface area contributed by atoms with E-state index in [0.717, 1.165) is 37.6 Å². The van der Waals surface area contributed by atoms with Crippen LogP contribution in [-0.4, -0.2) is 65.6 Å². The summed E-state index contributed by atoms with van der Waals surface area (Å²) in [5.74, 6) is 1.96. The average Bonchev–Trinajstić information content (AvgIpc) is 3.03. The number of hydrogen-bond acceptors (Lipinski definition) is 8. The molecule has 0 amide bonds. The first kappa shape index (κ1) is 17.0. The zero-order valence-electron chi connectivity index (χ0n) is 14.7. The fraction of sp³-hybridized carbons (Fsp3) is 0.500. The third-order valence-electron chi connectivity index (χ3n) is 4.94. The first-order valence-electron chi connectivity index (χ1n) is 8.99. The van der Waals surface area contributed by atoms with Crippen LogP contribution in [0.2, 0.25) is 0 Å². The molecule has 0 aliphatic carbocycles. The molecule has 3 N–H and O–H groups in total. The highest BCUT2D eigenvalue weighted by Crippen LogP contribution is 2.27. The summed E-state index contributed by atoms with van der Waals surface area (Å²) in [7, 11) is 0. The number of β-amino-alcohol motifs (C(OH)–C–C–N with tert-alkyl or cyclic N) is 1. The van der Waals surface area contributed by atoms with E-state index in [2.05, 4.69) is 19.8 Å². The minimum atomic E-state index is -0.417. The first-order chi connectivity index (χ1) is 12.7. The third kappa shape index (κ3) is 3.71. The van der Waals surface area contributed by atoms with Crippen LogP contribution >= 0.6 is 0 Å². The minimum Gasteiger partial charge on any atom is -0.391 e. The van der Waals surface area contributed by atoms with Gasteiger partial charge in [0.1, 0.15) is 11.6 Å². The monoisotopic (exact) mass is 356 g/mol. The van der Waals surface area contributed by atoms with Gasteiger partial charge in [-0.25, -0.2) is 0 Å². The second kappa shape index (κ2) is 7.43. The Kier molecular flexibility index (Phi) is 4.85. The summed E-state index contributed by atoms with van der Waals surface area (Å²) in [5.41, 5.74) is 7.01. The predicted octanol–water partition coefficient (Wildman–Crippen LogP) is 0.330. The molecule has 2 aromatic rings. The molecule has 0 aromatic carbocycles. The van der Waals surface area contributed by atoms with Crippen molar-refractivity contribution in [3.63, 3.8) is 0 Å². The number of aliphatic hydroxyl groups excluding tert-OH is 1. The summed E-state index contributed by atoms with van der Waals surface area (Å²) in [6.45, 7) is 4.11. The van der Waals surface area contributed by atoms with E-state index in [9.17, 15) is 5.11 Å². The topological polar surface area (TPSA) is 101 Å². The minimum absolute atomic E-state index is 0.118. The van der Waals surface area contributed by atoms with Gasteiger partial charge >= 0.3 is 0 Å². The van der Waals surface area contributed by atoms with Crippen LogP contribution in [0.1, 0.15) is 5.69 Å². The molecule has 0 unspecified atom stereocenters. The number of pyridine rings is 1. The van der Waals surface area contributed by atoms with Gasteiger partial charge in [0.2, 0.25) is 5.95 Å². The summed E-state index contributed by atoms with van der Waals surface area (Å²) in [5, 5.41) is 10.5. The molecule has 4 heterocycles. The van der Waals surface area contributed by atoms with Gasteiger partial charge in [-0.3, -0.25) is 4.98 Å². The van der Waals surface area contributed by atoms with Crippen molar-refractivity contribution in [3.8, 4) is 0 Å². The van der Waals surface area contributed by atoms with E-state index in [1.165, 1.54) is 0 Å². The van der Waals surface area contributed by atoms with Gasteiger partial charge in [-0.2, -0.15) is 9.97 Å². The van der Waals surface area contributed by atoms with Crippen LogP contribution in [0.15, 0.2) is 30.5 Å². The number of aliphatic hydroxyl groups is 1. The van der Waals surface area contributed by atoms with E-state index < -0.39 is 6.10 Å². The molecule has 2 aliphatic heterocycles. The second-order valence-electron chi connectivity index (χ2n) is 6.81. The van der Waals surface area contributed by atoms with E-state index in [1.807, 2.05) is 18.2 Å². The Hall–Kier alpha value is -2.45. The second-order valence-corrected chi connectivity index (χ2v) is 6.81. The lowest BCUT2D eigenvalue weighted by atomic mass is 10.00. The predicted molar refractivity (Wildman–Crippen MR) is 99.1 cm³/mol. The number of rotatable bonds is 4. The maximum absolute atomic E-state index is 10.5. The van der Waals surface area contributed by atoms with Crippen molar-refractivity contribution in [1.82, 2.24) is 15.0 Å². The number of nitrogens with zero attached hydrogens (tertiary/aromatic N) is 5. The average molecular weight is 356 g/mol. The van der Waals surface area contributed by atoms with Gasteiger partial charge < -0.3 is 25.4 Å². The van der Waals surface area contributed by atoms with E-state index >= 15 is 0 Å². The Labute approximate surface area is 152 Å². The summed E-state index contributed by atoms with van der Waals surface area (Å²) in [6, 6.07) is 7.65. The number of aromatic nitrogens is 3. The highest BCUT2D eigenvalue weighted by atomic mass is 16.5. The van der Waals surface area contributed by atoms with Crippen LogP contribution in [-0.2, 0) is 11.2 Å². The highest BCUT2D eigenvalue weighted by Gasteiger charge is 2.33. The molecule has 2 aliphatic rings. The van der Waals surface area contributed by atoms with Gasteiger partial charge in [0.15, 0.2) is 0 Å². The molecular weight excluding hydrogens is 332 g/mol. The van der Waals surface area contributed by atoms with Crippen molar-refractivity contribution in [3.05, 3.63) is 36.2 Å². The number of morpholine rings is 1. The number of anilines is 3. The maximum atomic E-state index is 10.5. The van der Waals surface area contributed by atoms with Crippen LogP contribution in [0, 0.1) is 5.92 Å². The Balaban J connectivity index is 1.49. The number of hydrogen-bond donors (Lipinski definition) is 2. The van der Waals surface area contributed by atoms with E-state index in [-0.39, 0.29) is 5.92 Å². The summed E-state index contributed by atoms with van der Waals surface area (Å²) in [4.78, 5) is 17.6. The number of nitrogen functional groups attached to an aromatic ring is 1. The molecule has 2 aromatic heterocycles. The molecule has 0 bridgehead atoms. The van der Waals surface area contributed by atoms with Crippen molar-refractivity contribution in [2.75, 3.05) is 54.9 Å². The lowest BCUT2D eigenvalue weighted by Crippen LogP contribution is -2.37. The van der Waals surface area contributed by atoms with Gasteiger partial charge in [-0.15, -0.1) is 0 Å². The van der Waals surface area contributed by atoms with E-state index in [4.69, 9.17) is 15.5 Å². The standard InChI is InChI=1S/C18H24N6O2/c19-16-10-17(22-18(21-16)23-5-7-26-8-6-23)24-11-13(15(25)12-24)9-14-3-1-2-4-20-14/h1-4,10,13,15,25H,5-9,11-12H2,(H2,19,21,22)/t13-,15-/m1/s1. The molecule has 0 radical (unpaired) electrons. The fourth-order valence-electron chi connectivity index (χ4n) is 3.54. The zero-order chi connectivity index (χ0) is 17.9. The quantitative estimate of drug-likeness (QED) is 0.808. The van der Waals surface area contributed by atoms with Gasteiger partial charge in [-0.1, -0.05) is 6.07 Å². The molecular formula is C18H24N6O2. The van der Waals surface area contributed by atoms with Crippen molar-refractivity contribution < 1.29 is 9.84 Å². The number of nitrogens with two attached hydrogens (primary N) is 1. The third-order valence-corrected chi connectivity index (χ3v) is 4.94. The molecule has 0 saturated carbocycles. The Morgan fingerprint density at radius 2 is 2.00 bits per heavy atom. The lowest BCUT2D eigenvalue weighted by molar-refractivity contribution is 0.122. The van der Waals surface area contributed by atoms with Crippen LogP contribution in [0.3, 0.4) is 0 Å². The summed E-state index contributed by atoms with van der Waals surface area (Å²) in [6.07, 6.45) is 2.11. The molecule has 0 spiro atoms. The van der Waals surface area contributed by atoms with Gasteiger partial charge in [0, 0.05) is 50.1 Å². The molecule has 2 saturated heterocycles. The Bertz CT molecular complexity index is 738. The van der Waals surface area contributed by atoms with Crippen molar-refractivity contribution in [2.24, 2.45) is 5.92 Å². The molecule has 2 fully saturated rings.